The normalized spacial score (nSPS) is 15.8. The van der Waals surface area contributed by atoms with E-state index in [1.165, 1.54) is 31.4 Å². The zero-order valence-electron chi connectivity index (χ0n) is 15.7. The van der Waals surface area contributed by atoms with E-state index in [-0.39, 0.29) is 10.8 Å². The Labute approximate surface area is 156 Å². The van der Waals surface area contributed by atoms with Crippen LogP contribution in [0.5, 0.6) is 0 Å². The van der Waals surface area contributed by atoms with E-state index in [2.05, 4.69) is 10.0 Å². The van der Waals surface area contributed by atoms with Crippen LogP contribution in [-0.4, -0.2) is 40.1 Å². The fourth-order valence-corrected chi connectivity index (χ4v) is 4.20. The molecule has 0 saturated heterocycles. The van der Waals surface area contributed by atoms with Crippen molar-refractivity contribution < 1.29 is 17.9 Å². The molecule has 1 fully saturated rings. The van der Waals surface area contributed by atoms with Crippen molar-refractivity contribution in [2.75, 3.05) is 19.7 Å². The molecule has 26 heavy (non-hydrogen) atoms. The van der Waals surface area contributed by atoms with Gasteiger partial charge in [-0.15, -0.1) is 0 Å². The van der Waals surface area contributed by atoms with E-state index in [1.54, 1.807) is 19.9 Å². The second-order valence-electron chi connectivity index (χ2n) is 6.72. The summed E-state index contributed by atoms with van der Waals surface area (Å²) in [7, 11) is -3.57. The van der Waals surface area contributed by atoms with Crippen LogP contribution in [0, 0.1) is 6.92 Å². The Morgan fingerprint density at radius 2 is 1.96 bits per heavy atom. The average molecular weight is 383 g/mol. The van der Waals surface area contributed by atoms with Crippen LogP contribution in [0.4, 0.5) is 0 Å². The molecule has 0 bridgehead atoms. The summed E-state index contributed by atoms with van der Waals surface area (Å²) in [6, 6.07) is 4.61. The van der Waals surface area contributed by atoms with Crippen LogP contribution in [0.25, 0.3) is 0 Å². The zero-order chi connectivity index (χ0) is 19.0. The number of rotatable bonds is 9. The quantitative estimate of drug-likeness (QED) is 0.643. The van der Waals surface area contributed by atoms with Gasteiger partial charge < -0.3 is 10.1 Å². The number of hydrogen-bond donors (Lipinski definition) is 2. The molecule has 1 saturated carbocycles. The van der Waals surface area contributed by atoms with Gasteiger partial charge in [0.25, 0.3) is 5.91 Å². The van der Waals surface area contributed by atoms with Crippen LogP contribution < -0.4 is 10.0 Å². The summed E-state index contributed by atoms with van der Waals surface area (Å²) in [5, 5.41) is 2.85. The van der Waals surface area contributed by atoms with Crippen LogP contribution in [0.3, 0.4) is 0 Å². The SMILES string of the molecule is CCNS(=O)(=O)c1ccc(C)c(C(=O)NCCCOC2CCCCC2)c1. The van der Waals surface area contributed by atoms with Gasteiger partial charge in [0.2, 0.25) is 10.0 Å². The first-order valence-corrected chi connectivity index (χ1v) is 10.9. The smallest absolute Gasteiger partial charge is 0.251 e. The molecule has 1 aromatic carbocycles. The summed E-state index contributed by atoms with van der Waals surface area (Å²) in [5.74, 6) is -0.256. The number of hydrogen-bond acceptors (Lipinski definition) is 4. The molecule has 0 atom stereocenters. The summed E-state index contributed by atoms with van der Waals surface area (Å²) < 4.78 is 32.5. The number of ether oxygens (including phenoxy) is 1. The summed E-state index contributed by atoms with van der Waals surface area (Å²) in [4.78, 5) is 12.5. The highest BCUT2D eigenvalue weighted by molar-refractivity contribution is 7.89. The van der Waals surface area contributed by atoms with Gasteiger partial charge in [-0.1, -0.05) is 32.3 Å². The van der Waals surface area contributed by atoms with Gasteiger partial charge in [-0.3, -0.25) is 4.79 Å². The van der Waals surface area contributed by atoms with Crippen LogP contribution in [0.15, 0.2) is 23.1 Å². The molecule has 7 heteroatoms. The third-order valence-electron chi connectivity index (χ3n) is 4.61. The molecule has 1 amide bonds. The standard InChI is InChI=1S/C19H30N2O4S/c1-3-21-26(23,24)17-11-10-15(2)18(14-17)19(22)20-12-7-13-25-16-8-5-4-6-9-16/h10-11,14,16,21H,3-9,12-13H2,1-2H3,(H,20,22). The number of nitrogens with one attached hydrogen (secondary N) is 2. The lowest BCUT2D eigenvalue weighted by atomic mass is 9.98. The first kappa shape index (κ1) is 20.9. The molecular formula is C19H30N2O4S. The molecule has 0 heterocycles. The Balaban J connectivity index is 1.84. The van der Waals surface area contributed by atoms with Gasteiger partial charge in [-0.2, -0.15) is 0 Å². The number of sulfonamides is 1. The van der Waals surface area contributed by atoms with Crippen LogP contribution in [-0.2, 0) is 14.8 Å². The molecule has 2 N–H and O–H groups in total. The van der Waals surface area contributed by atoms with Crippen LogP contribution >= 0.6 is 0 Å². The highest BCUT2D eigenvalue weighted by Crippen LogP contribution is 2.20. The van der Waals surface area contributed by atoms with Crippen molar-refractivity contribution in [2.24, 2.45) is 0 Å². The summed E-state index contributed by atoms with van der Waals surface area (Å²) in [5.41, 5.74) is 1.13. The van der Waals surface area contributed by atoms with E-state index in [9.17, 15) is 13.2 Å². The predicted molar refractivity (Wildman–Crippen MR) is 102 cm³/mol. The van der Waals surface area contributed by atoms with E-state index >= 15 is 0 Å². The van der Waals surface area contributed by atoms with Gasteiger partial charge in [0.05, 0.1) is 11.0 Å². The van der Waals surface area contributed by atoms with Crippen LogP contribution in [0.2, 0.25) is 0 Å². The van der Waals surface area contributed by atoms with Gasteiger partial charge in [0, 0.05) is 25.3 Å². The van der Waals surface area contributed by atoms with Gasteiger partial charge in [0.15, 0.2) is 0 Å². The van der Waals surface area contributed by atoms with Crippen LogP contribution in [0.1, 0.15) is 61.4 Å². The molecule has 6 nitrogen and oxygen atoms in total. The Hall–Kier alpha value is -1.44. The molecule has 146 valence electrons. The van der Waals surface area contributed by atoms with E-state index < -0.39 is 10.0 Å². The zero-order valence-corrected chi connectivity index (χ0v) is 16.5. The monoisotopic (exact) mass is 382 g/mol. The van der Waals surface area contributed by atoms with E-state index in [0.717, 1.165) is 24.8 Å². The molecular weight excluding hydrogens is 352 g/mol. The molecule has 0 aliphatic heterocycles. The first-order chi connectivity index (χ1) is 12.4. The maximum Gasteiger partial charge on any atom is 0.251 e. The number of carbonyl (C=O) groups is 1. The maximum atomic E-state index is 12.4. The molecule has 1 aliphatic rings. The van der Waals surface area contributed by atoms with Crippen molar-refractivity contribution in [1.29, 1.82) is 0 Å². The molecule has 0 aromatic heterocycles. The van der Waals surface area contributed by atoms with Gasteiger partial charge in [0.1, 0.15) is 0 Å². The van der Waals surface area contributed by atoms with Crippen molar-refractivity contribution in [1.82, 2.24) is 10.0 Å². The summed E-state index contributed by atoms with van der Waals surface area (Å²) in [6.45, 7) is 4.96. The summed E-state index contributed by atoms with van der Waals surface area (Å²) >= 11 is 0. The van der Waals surface area contributed by atoms with E-state index in [1.807, 2.05) is 0 Å². The largest absolute Gasteiger partial charge is 0.378 e. The molecule has 1 aliphatic carbocycles. The number of benzene rings is 1. The Morgan fingerprint density at radius 1 is 1.23 bits per heavy atom. The fraction of sp³-hybridized carbons (Fsp3) is 0.632. The summed E-state index contributed by atoms with van der Waals surface area (Å²) in [6.07, 6.45) is 7.18. The number of amides is 1. The van der Waals surface area contributed by atoms with Crippen molar-refractivity contribution in [3.63, 3.8) is 0 Å². The topological polar surface area (TPSA) is 84.5 Å². The van der Waals surface area contributed by atoms with E-state index in [4.69, 9.17) is 4.74 Å². The number of carbonyl (C=O) groups excluding carboxylic acids is 1. The molecule has 0 spiro atoms. The highest BCUT2D eigenvalue weighted by Gasteiger charge is 2.17. The second kappa shape index (κ2) is 10.0. The lowest BCUT2D eigenvalue weighted by Crippen LogP contribution is -2.28. The average Bonchev–Trinajstić information content (AvgIpc) is 2.62. The second-order valence-corrected chi connectivity index (χ2v) is 8.49. The van der Waals surface area contributed by atoms with Crippen molar-refractivity contribution >= 4 is 15.9 Å². The van der Waals surface area contributed by atoms with Crippen molar-refractivity contribution in [2.45, 2.75) is 63.4 Å². The lowest BCUT2D eigenvalue weighted by Gasteiger charge is -2.21. The number of aryl methyl sites for hydroxylation is 1. The lowest BCUT2D eigenvalue weighted by molar-refractivity contribution is 0.0273. The maximum absolute atomic E-state index is 12.4. The van der Waals surface area contributed by atoms with Crippen molar-refractivity contribution in [3.8, 4) is 0 Å². The Kier molecular flexibility index (Phi) is 8.06. The third kappa shape index (κ3) is 6.07. The minimum atomic E-state index is -3.57. The molecule has 0 radical (unpaired) electrons. The molecule has 1 aromatic rings. The Morgan fingerprint density at radius 3 is 2.65 bits per heavy atom. The third-order valence-corrected chi connectivity index (χ3v) is 6.15. The van der Waals surface area contributed by atoms with E-state index in [0.29, 0.717) is 31.4 Å². The minimum absolute atomic E-state index is 0.107. The van der Waals surface area contributed by atoms with Gasteiger partial charge in [-0.25, -0.2) is 13.1 Å². The van der Waals surface area contributed by atoms with Crippen molar-refractivity contribution in [3.05, 3.63) is 29.3 Å². The predicted octanol–water partition coefficient (Wildman–Crippen LogP) is 2.76. The highest BCUT2D eigenvalue weighted by atomic mass is 32.2. The molecule has 2 rings (SSSR count). The minimum Gasteiger partial charge on any atom is -0.378 e. The first-order valence-electron chi connectivity index (χ1n) is 9.44. The Bertz CT molecular complexity index is 697. The van der Waals surface area contributed by atoms with Gasteiger partial charge in [-0.05, 0) is 43.9 Å². The fourth-order valence-electron chi connectivity index (χ4n) is 3.14. The van der Waals surface area contributed by atoms with Gasteiger partial charge >= 0.3 is 0 Å². The molecule has 0 unspecified atom stereocenters.